The van der Waals surface area contributed by atoms with Gasteiger partial charge in [-0.15, -0.1) is 0 Å². The molecule has 0 radical (unpaired) electrons. The Kier molecular flexibility index (Phi) is 7.20. The Morgan fingerprint density at radius 2 is 1.96 bits per heavy atom. The molecule has 2 aliphatic rings. The van der Waals surface area contributed by atoms with Gasteiger partial charge in [0.05, 0.1) is 12.7 Å². The summed E-state index contributed by atoms with van der Waals surface area (Å²) in [4.78, 5) is 29.0. The molecule has 2 amide bonds. The largest absolute Gasteiger partial charge is 0.378 e. The highest BCUT2D eigenvalue weighted by atomic mass is 16.5. The van der Waals surface area contributed by atoms with Crippen molar-refractivity contribution in [1.29, 1.82) is 0 Å². The molecular weight excluding hydrogens is 346 g/mol. The predicted molar refractivity (Wildman–Crippen MR) is 101 cm³/mol. The lowest BCUT2D eigenvalue weighted by Crippen LogP contribution is -2.58. The van der Waals surface area contributed by atoms with Crippen LogP contribution in [0.15, 0.2) is 30.3 Å². The summed E-state index contributed by atoms with van der Waals surface area (Å²) in [5.74, 6) is -0.164. The third kappa shape index (κ3) is 5.28. The van der Waals surface area contributed by atoms with E-state index in [1.165, 1.54) is 0 Å². The highest BCUT2D eigenvalue weighted by molar-refractivity contribution is 5.89. The Balaban J connectivity index is 1.58. The predicted octanol–water partition coefficient (Wildman–Crippen LogP) is 0.770. The molecule has 2 N–H and O–H groups in total. The zero-order valence-electron chi connectivity index (χ0n) is 15.7. The molecule has 0 aromatic heterocycles. The van der Waals surface area contributed by atoms with Crippen LogP contribution in [0.4, 0.5) is 0 Å². The first-order valence-corrected chi connectivity index (χ1v) is 9.70. The number of carbonyl (C=O) groups excluding carboxylic acids is 2. The zero-order valence-corrected chi connectivity index (χ0v) is 15.7. The van der Waals surface area contributed by atoms with Gasteiger partial charge in [-0.25, -0.2) is 0 Å². The maximum atomic E-state index is 13.1. The lowest BCUT2D eigenvalue weighted by Gasteiger charge is -2.39. The maximum Gasteiger partial charge on any atom is 0.249 e. The second-order valence-corrected chi connectivity index (χ2v) is 7.08. The van der Waals surface area contributed by atoms with Gasteiger partial charge in [0.25, 0.3) is 0 Å². The molecule has 148 valence electrons. The van der Waals surface area contributed by atoms with Gasteiger partial charge in [-0.3, -0.25) is 9.59 Å². The van der Waals surface area contributed by atoms with Crippen LogP contribution in [0.25, 0.3) is 0 Å². The molecule has 27 heavy (non-hydrogen) atoms. The lowest BCUT2D eigenvalue weighted by molar-refractivity contribution is -0.161. The van der Waals surface area contributed by atoms with Gasteiger partial charge in [-0.05, 0) is 31.4 Å². The van der Waals surface area contributed by atoms with Crippen molar-refractivity contribution >= 4 is 11.8 Å². The SMILES string of the molecule is NCCCOC1CCN(C(=O)[C@H]2COCC(=O)N2Cc2ccccc2)CC1. The smallest absolute Gasteiger partial charge is 0.249 e. The van der Waals surface area contributed by atoms with Crippen LogP contribution in [0.5, 0.6) is 0 Å². The first kappa shape index (κ1) is 19.8. The summed E-state index contributed by atoms with van der Waals surface area (Å²) in [5, 5.41) is 0. The van der Waals surface area contributed by atoms with E-state index in [-0.39, 0.29) is 31.1 Å². The molecule has 7 nitrogen and oxygen atoms in total. The van der Waals surface area contributed by atoms with Crippen LogP contribution in [0.1, 0.15) is 24.8 Å². The van der Waals surface area contributed by atoms with Gasteiger partial charge in [0.1, 0.15) is 12.6 Å². The van der Waals surface area contributed by atoms with Gasteiger partial charge in [0.2, 0.25) is 11.8 Å². The number of nitrogens with two attached hydrogens (primary N) is 1. The second-order valence-electron chi connectivity index (χ2n) is 7.08. The minimum atomic E-state index is -0.554. The van der Waals surface area contributed by atoms with Crippen molar-refractivity contribution in [2.75, 3.05) is 39.5 Å². The van der Waals surface area contributed by atoms with E-state index in [0.717, 1.165) is 24.8 Å². The molecule has 1 atom stereocenters. The number of nitrogens with zero attached hydrogens (tertiary/aromatic N) is 2. The van der Waals surface area contributed by atoms with Crippen LogP contribution >= 0.6 is 0 Å². The molecule has 0 spiro atoms. The number of piperidine rings is 1. The summed E-state index contributed by atoms with van der Waals surface area (Å²) in [7, 11) is 0. The van der Waals surface area contributed by atoms with Crippen LogP contribution < -0.4 is 5.73 Å². The van der Waals surface area contributed by atoms with Crippen molar-refractivity contribution in [2.24, 2.45) is 5.73 Å². The second kappa shape index (κ2) is 9.82. The number of ether oxygens (including phenoxy) is 2. The summed E-state index contributed by atoms with van der Waals surface area (Å²) < 4.78 is 11.2. The van der Waals surface area contributed by atoms with Gasteiger partial charge >= 0.3 is 0 Å². The minimum Gasteiger partial charge on any atom is -0.378 e. The van der Waals surface area contributed by atoms with Crippen LogP contribution in [0.2, 0.25) is 0 Å². The van der Waals surface area contributed by atoms with Gasteiger partial charge in [0.15, 0.2) is 0 Å². The highest BCUT2D eigenvalue weighted by Gasteiger charge is 2.37. The normalized spacial score (nSPS) is 21.5. The summed E-state index contributed by atoms with van der Waals surface area (Å²) in [6.45, 7) is 3.32. The summed E-state index contributed by atoms with van der Waals surface area (Å²) in [6.07, 6.45) is 2.67. The van der Waals surface area contributed by atoms with Crippen LogP contribution in [-0.2, 0) is 25.6 Å². The molecule has 3 rings (SSSR count). The minimum absolute atomic E-state index is 0.0283. The van der Waals surface area contributed by atoms with Gasteiger partial charge < -0.3 is 25.0 Å². The third-order valence-corrected chi connectivity index (χ3v) is 5.13. The fourth-order valence-electron chi connectivity index (χ4n) is 3.57. The van der Waals surface area contributed by atoms with Crippen molar-refractivity contribution in [3.8, 4) is 0 Å². The van der Waals surface area contributed by atoms with Gasteiger partial charge in [0, 0.05) is 26.2 Å². The van der Waals surface area contributed by atoms with Gasteiger partial charge in [-0.1, -0.05) is 30.3 Å². The zero-order chi connectivity index (χ0) is 19.1. The molecule has 0 bridgehead atoms. The maximum absolute atomic E-state index is 13.1. The fourth-order valence-corrected chi connectivity index (χ4v) is 3.57. The van der Waals surface area contributed by atoms with Crippen molar-refractivity contribution in [1.82, 2.24) is 9.80 Å². The number of likely N-dealkylation sites (tertiary alicyclic amines) is 1. The van der Waals surface area contributed by atoms with Crippen molar-refractivity contribution < 1.29 is 19.1 Å². The first-order chi connectivity index (χ1) is 13.2. The Bertz CT molecular complexity index is 617. The quantitative estimate of drug-likeness (QED) is 0.712. The molecule has 0 unspecified atom stereocenters. The molecular formula is C20H29N3O4. The molecule has 2 fully saturated rings. The number of carbonyl (C=O) groups is 2. The molecule has 2 saturated heterocycles. The van der Waals surface area contributed by atoms with E-state index in [1.807, 2.05) is 35.2 Å². The van der Waals surface area contributed by atoms with Crippen molar-refractivity contribution in [3.05, 3.63) is 35.9 Å². The number of amides is 2. The first-order valence-electron chi connectivity index (χ1n) is 9.70. The number of rotatable bonds is 7. The highest BCUT2D eigenvalue weighted by Crippen LogP contribution is 2.19. The van der Waals surface area contributed by atoms with Crippen LogP contribution in [0, 0.1) is 0 Å². The lowest BCUT2D eigenvalue weighted by atomic mass is 10.1. The van der Waals surface area contributed by atoms with E-state index in [2.05, 4.69) is 0 Å². The number of hydrogen-bond acceptors (Lipinski definition) is 5. The molecule has 2 aliphatic heterocycles. The van der Waals surface area contributed by atoms with E-state index in [4.69, 9.17) is 15.2 Å². The molecule has 7 heteroatoms. The van der Waals surface area contributed by atoms with Crippen molar-refractivity contribution in [3.63, 3.8) is 0 Å². The molecule has 0 saturated carbocycles. The standard InChI is InChI=1S/C20H29N3O4/c21-9-4-12-27-17-7-10-22(11-8-17)20(25)18-14-26-15-19(24)23(18)13-16-5-2-1-3-6-16/h1-3,5-6,17-18H,4,7-15,21H2/t18-/m1/s1. The number of morpholine rings is 1. The Hall–Kier alpha value is -1.96. The number of benzene rings is 1. The number of hydrogen-bond donors (Lipinski definition) is 1. The Morgan fingerprint density at radius 3 is 2.67 bits per heavy atom. The van der Waals surface area contributed by atoms with E-state index < -0.39 is 6.04 Å². The van der Waals surface area contributed by atoms with Crippen molar-refractivity contribution in [2.45, 2.75) is 38.0 Å². The monoisotopic (exact) mass is 375 g/mol. The molecule has 0 aliphatic carbocycles. The van der Waals surface area contributed by atoms with E-state index in [0.29, 0.717) is 32.8 Å². The van der Waals surface area contributed by atoms with Crippen LogP contribution in [0.3, 0.4) is 0 Å². The summed E-state index contributed by atoms with van der Waals surface area (Å²) >= 11 is 0. The average molecular weight is 375 g/mol. The summed E-state index contributed by atoms with van der Waals surface area (Å²) in [6, 6.07) is 9.19. The van der Waals surface area contributed by atoms with Crippen LogP contribution in [-0.4, -0.2) is 73.2 Å². The Labute approximate surface area is 160 Å². The molecule has 2 heterocycles. The third-order valence-electron chi connectivity index (χ3n) is 5.13. The molecule has 1 aromatic rings. The molecule has 1 aromatic carbocycles. The summed E-state index contributed by atoms with van der Waals surface area (Å²) in [5.41, 5.74) is 6.50. The fraction of sp³-hybridized carbons (Fsp3) is 0.600. The average Bonchev–Trinajstić information content (AvgIpc) is 2.70. The van der Waals surface area contributed by atoms with E-state index in [9.17, 15) is 9.59 Å². The van der Waals surface area contributed by atoms with Gasteiger partial charge in [-0.2, -0.15) is 0 Å². The van der Waals surface area contributed by atoms with E-state index in [1.54, 1.807) is 4.90 Å². The topological polar surface area (TPSA) is 85.1 Å². The van der Waals surface area contributed by atoms with E-state index >= 15 is 0 Å². The Morgan fingerprint density at radius 1 is 1.22 bits per heavy atom.